The molecule has 0 bridgehead atoms. The van der Waals surface area contributed by atoms with E-state index in [0.717, 1.165) is 50.2 Å². The molecule has 2 aromatic rings. The van der Waals surface area contributed by atoms with Gasteiger partial charge in [0.05, 0.1) is 0 Å². The second-order valence-electron chi connectivity index (χ2n) is 6.83. The summed E-state index contributed by atoms with van der Waals surface area (Å²) in [5.41, 5.74) is 0.754. The van der Waals surface area contributed by atoms with Crippen LogP contribution in [-0.2, 0) is 0 Å². The summed E-state index contributed by atoms with van der Waals surface area (Å²) in [5.74, 6) is 1.10. The van der Waals surface area contributed by atoms with Gasteiger partial charge in [-0.15, -0.1) is 0 Å². The summed E-state index contributed by atoms with van der Waals surface area (Å²) in [6, 6.07) is 4.14. The smallest absolute Gasteiger partial charge is 0.316 e. The normalized spacial score (nSPS) is 18.5. The second-order valence-corrected chi connectivity index (χ2v) is 6.83. The molecule has 0 spiro atoms. The molecule has 3 heterocycles. The van der Waals surface area contributed by atoms with Gasteiger partial charge in [-0.3, -0.25) is 4.79 Å². The summed E-state index contributed by atoms with van der Waals surface area (Å²) in [5, 5.41) is 6.88. The van der Waals surface area contributed by atoms with Gasteiger partial charge in [0, 0.05) is 30.9 Å². The minimum Gasteiger partial charge on any atom is -0.357 e. The van der Waals surface area contributed by atoms with Crippen LogP contribution in [0.5, 0.6) is 0 Å². The molecule has 0 radical (unpaired) electrons. The van der Waals surface area contributed by atoms with Crippen LogP contribution in [0, 0.1) is 0 Å². The molecule has 1 saturated carbocycles. The van der Waals surface area contributed by atoms with E-state index in [1.54, 1.807) is 6.20 Å². The van der Waals surface area contributed by atoms with Crippen LogP contribution < -0.4 is 10.2 Å². The third-order valence-electron chi connectivity index (χ3n) is 5.00. The van der Waals surface area contributed by atoms with Crippen LogP contribution in [0.25, 0.3) is 11.4 Å². The fourth-order valence-electron chi connectivity index (χ4n) is 3.58. The molecule has 0 aromatic carbocycles. The molecular formula is C18H23N5O2. The van der Waals surface area contributed by atoms with Gasteiger partial charge >= 0.3 is 11.8 Å². The van der Waals surface area contributed by atoms with Crippen LogP contribution in [0.1, 0.15) is 55.6 Å². The largest absolute Gasteiger partial charge is 0.357 e. The number of nitrogens with one attached hydrogen (secondary N) is 1. The molecule has 2 aliphatic rings. The van der Waals surface area contributed by atoms with E-state index >= 15 is 0 Å². The molecule has 25 heavy (non-hydrogen) atoms. The van der Waals surface area contributed by atoms with Gasteiger partial charge in [0.25, 0.3) is 0 Å². The monoisotopic (exact) mass is 341 g/mol. The molecule has 1 N–H and O–H groups in total. The first-order chi connectivity index (χ1) is 12.3. The molecule has 4 rings (SSSR count). The van der Waals surface area contributed by atoms with Gasteiger partial charge in [-0.1, -0.05) is 18.0 Å². The number of carbonyl (C=O) groups is 1. The number of hydrogen-bond acceptors (Lipinski definition) is 6. The highest BCUT2D eigenvalue weighted by atomic mass is 16.5. The molecule has 2 fully saturated rings. The van der Waals surface area contributed by atoms with Gasteiger partial charge in [0.2, 0.25) is 5.82 Å². The third kappa shape index (κ3) is 3.65. The summed E-state index contributed by atoms with van der Waals surface area (Å²) in [6.45, 7) is 2.11. The van der Waals surface area contributed by atoms with Crippen LogP contribution in [0.3, 0.4) is 0 Å². The number of rotatable bonds is 4. The van der Waals surface area contributed by atoms with Crippen molar-refractivity contribution in [2.24, 2.45) is 0 Å². The van der Waals surface area contributed by atoms with Crippen LogP contribution in [0.4, 0.5) is 5.82 Å². The molecular weight excluding hydrogens is 318 g/mol. The van der Waals surface area contributed by atoms with Crippen molar-refractivity contribution in [1.29, 1.82) is 0 Å². The van der Waals surface area contributed by atoms with Crippen molar-refractivity contribution in [1.82, 2.24) is 20.4 Å². The maximum absolute atomic E-state index is 12.2. The van der Waals surface area contributed by atoms with Gasteiger partial charge in [-0.2, -0.15) is 4.98 Å². The quantitative estimate of drug-likeness (QED) is 0.920. The minimum atomic E-state index is -0.288. The number of piperidine rings is 1. The van der Waals surface area contributed by atoms with Crippen LogP contribution in [0.15, 0.2) is 22.9 Å². The number of anilines is 1. The molecule has 0 atom stereocenters. The molecule has 1 aliphatic carbocycles. The maximum Gasteiger partial charge on any atom is 0.316 e. The Hall–Kier alpha value is -2.44. The Labute approximate surface area is 146 Å². The zero-order valence-corrected chi connectivity index (χ0v) is 14.3. The number of amides is 1. The molecule has 7 heteroatoms. The highest BCUT2D eigenvalue weighted by Gasteiger charge is 2.22. The van der Waals surface area contributed by atoms with Crippen molar-refractivity contribution in [3.8, 4) is 11.4 Å². The number of hydrogen-bond donors (Lipinski definition) is 1. The van der Waals surface area contributed by atoms with E-state index in [-0.39, 0.29) is 17.8 Å². The van der Waals surface area contributed by atoms with Crippen LogP contribution in [-0.4, -0.2) is 40.2 Å². The van der Waals surface area contributed by atoms with Gasteiger partial charge < -0.3 is 14.7 Å². The molecule has 0 unspecified atom stereocenters. The van der Waals surface area contributed by atoms with Gasteiger partial charge in [-0.05, 0) is 44.2 Å². The lowest BCUT2D eigenvalue weighted by molar-refractivity contribution is 0.0893. The fourth-order valence-corrected chi connectivity index (χ4v) is 3.58. The standard InChI is InChI=1S/C18H23N5O2/c24-17(20-14-6-2-3-7-14)18-21-16(22-25-18)13-8-9-15(19-12-13)23-10-4-1-5-11-23/h8-9,12,14H,1-7,10-11H2,(H,20,24). The first-order valence-electron chi connectivity index (χ1n) is 9.15. The number of carbonyl (C=O) groups excluding carboxylic acids is 1. The average Bonchev–Trinajstić information content (AvgIpc) is 3.34. The summed E-state index contributed by atoms with van der Waals surface area (Å²) in [7, 11) is 0. The van der Waals surface area contributed by atoms with Crippen molar-refractivity contribution < 1.29 is 9.32 Å². The minimum absolute atomic E-state index is 0.0157. The average molecular weight is 341 g/mol. The number of pyridine rings is 1. The summed E-state index contributed by atoms with van der Waals surface area (Å²) < 4.78 is 5.13. The van der Waals surface area contributed by atoms with Crippen molar-refractivity contribution in [2.75, 3.05) is 18.0 Å². The first-order valence-corrected chi connectivity index (χ1v) is 9.15. The Morgan fingerprint density at radius 2 is 1.92 bits per heavy atom. The van der Waals surface area contributed by atoms with E-state index in [2.05, 4.69) is 25.3 Å². The van der Waals surface area contributed by atoms with E-state index < -0.39 is 0 Å². The predicted molar refractivity (Wildman–Crippen MR) is 93.3 cm³/mol. The van der Waals surface area contributed by atoms with E-state index in [1.807, 2.05) is 12.1 Å². The summed E-state index contributed by atoms with van der Waals surface area (Å²) in [6.07, 6.45) is 9.84. The Kier molecular flexibility index (Phi) is 4.63. The molecule has 132 valence electrons. The Balaban J connectivity index is 1.43. The fraction of sp³-hybridized carbons (Fsp3) is 0.556. The Bertz CT molecular complexity index is 715. The van der Waals surface area contributed by atoms with Crippen LogP contribution >= 0.6 is 0 Å². The third-order valence-corrected chi connectivity index (χ3v) is 5.00. The van der Waals surface area contributed by atoms with Crippen molar-refractivity contribution in [3.63, 3.8) is 0 Å². The number of nitrogens with zero attached hydrogens (tertiary/aromatic N) is 4. The molecule has 2 aromatic heterocycles. The Morgan fingerprint density at radius 3 is 2.64 bits per heavy atom. The van der Waals surface area contributed by atoms with E-state index in [9.17, 15) is 4.79 Å². The predicted octanol–water partition coefficient (Wildman–Crippen LogP) is 2.79. The van der Waals surface area contributed by atoms with E-state index in [0.29, 0.717) is 5.82 Å². The van der Waals surface area contributed by atoms with Crippen LogP contribution in [0.2, 0.25) is 0 Å². The zero-order valence-electron chi connectivity index (χ0n) is 14.3. The molecule has 1 aliphatic heterocycles. The highest BCUT2D eigenvalue weighted by molar-refractivity contribution is 5.90. The molecule has 7 nitrogen and oxygen atoms in total. The van der Waals surface area contributed by atoms with Gasteiger partial charge in [0.15, 0.2) is 0 Å². The lowest BCUT2D eigenvalue weighted by Gasteiger charge is -2.27. The van der Waals surface area contributed by atoms with E-state index in [1.165, 1.54) is 19.3 Å². The topological polar surface area (TPSA) is 84.2 Å². The lowest BCUT2D eigenvalue weighted by atomic mass is 10.1. The molecule has 1 amide bonds. The van der Waals surface area contributed by atoms with Crippen molar-refractivity contribution in [3.05, 3.63) is 24.2 Å². The second kappa shape index (κ2) is 7.21. The first kappa shape index (κ1) is 16.1. The van der Waals surface area contributed by atoms with Crippen molar-refractivity contribution >= 4 is 11.7 Å². The van der Waals surface area contributed by atoms with Crippen molar-refractivity contribution in [2.45, 2.75) is 51.0 Å². The SMILES string of the molecule is O=C(NC1CCCC1)c1nc(-c2ccc(N3CCCCC3)nc2)no1. The highest BCUT2D eigenvalue weighted by Crippen LogP contribution is 2.22. The summed E-state index contributed by atoms with van der Waals surface area (Å²) in [4.78, 5) is 23.2. The van der Waals surface area contributed by atoms with Gasteiger partial charge in [-0.25, -0.2) is 4.98 Å². The zero-order chi connectivity index (χ0) is 17.1. The Morgan fingerprint density at radius 1 is 1.12 bits per heavy atom. The number of aromatic nitrogens is 3. The maximum atomic E-state index is 12.2. The molecule has 1 saturated heterocycles. The van der Waals surface area contributed by atoms with E-state index in [4.69, 9.17) is 4.52 Å². The van der Waals surface area contributed by atoms with Gasteiger partial charge in [0.1, 0.15) is 5.82 Å². The summed E-state index contributed by atoms with van der Waals surface area (Å²) >= 11 is 0. The lowest BCUT2D eigenvalue weighted by Crippen LogP contribution is -2.32.